The van der Waals surface area contributed by atoms with Gasteiger partial charge in [0.15, 0.2) is 6.29 Å². The minimum Gasteiger partial charge on any atom is -0.392 e. The van der Waals surface area contributed by atoms with Gasteiger partial charge in [0.25, 0.3) is 0 Å². The Bertz CT molecular complexity index is 179. The average molecular weight is 200 g/mol. The van der Waals surface area contributed by atoms with Gasteiger partial charge in [0.05, 0.1) is 6.61 Å². The highest BCUT2D eigenvalue weighted by atomic mass is 16.7. The molecule has 0 amide bonds. The first-order valence-electron chi connectivity index (χ1n) is 4.93. The Morgan fingerprint density at radius 1 is 1.29 bits per heavy atom. The van der Waals surface area contributed by atoms with Crippen molar-refractivity contribution in [3.8, 4) is 0 Å². The van der Waals surface area contributed by atoms with Crippen molar-refractivity contribution in [2.24, 2.45) is 0 Å². The van der Waals surface area contributed by atoms with Crippen molar-refractivity contribution in [2.45, 2.75) is 27.1 Å². The third kappa shape index (κ3) is 6.83. The molecule has 0 radical (unpaired) electrons. The van der Waals surface area contributed by atoms with Crippen molar-refractivity contribution >= 4 is 0 Å². The Morgan fingerprint density at radius 3 is 2.29 bits per heavy atom. The number of aliphatic hydroxyl groups excluding tert-OH is 1. The monoisotopic (exact) mass is 200 g/mol. The SMILES string of the molecule is CCOC(C=CC(C)=CCO)OCC. The lowest BCUT2D eigenvalue weighted by Gasteiger charge is -2.12. The predicted molar refractivity (Wildman–Crippen MR) is 57.0 cm³/mol. The number of allylic oxidation sites excluding steroid dienone is 2. The predicted octanol–water partition coefficient (Wildman–Crippen LogP) is 1.88. The van der Waals surface area contributed by atoms with Gasteiger partial charge in [-0.2, -0.15) is 0 Å². The first-order valence-corrected chi connectivity index (χ1v) is 4.93. The van der Waals surface area contributed by atoms with E-state index in [4.69, 9.17) is 14.6 Å². The summed E-state index contributed by atoms with van der Waals surface area (Å²) in [4.78, 5) is 0. The highest BCUT2D eigenvalue weighted by Gasteiger charge is 2.00. The highest BCUT2D eigenvalue weighted by molar-refractivity contribution is 5.16. The topological polar surface area (TPSA) is 38.7 Å². The summed E-state index contributed by atoms with van der Waals surface area (Å²) in [6, 6.07) is 0. The van der Waals surface area contributed by atoms with Crippen molar-refractivity contribution < 1.29 is 14.6 Å². The fraction of sp³-hybridized carbons (Fsp3) is 0.636. The fourth-order valence-corrected chi connectivity index (χ4v) is 0.930. The van der Waals surface area contributed by atoms with Gasteiger partial charge in [-0.25, -0.2) is 0 Å². The number of aliphatic hydroxyl groups is 1. The molecule has 0 aliphatic carbocycles. The van der Waals surface area contributed by atoms with E-state index in [-0.39, 0.29) is 12.9 Å². The summed E-state index contributed by atoms with van der Waals surface area (Å²) in [5.74, 6) is 0. The lowest BCUT2D eigenvalue weighted by molar-refractivity contribution is -0.103. The smallest absolute Gasteiger partial charge is 0.177 e. The Hall–Kier alpha value is -0.640. The van der Waals surface area contributed by atoms with Gasteiger partial charge in [-0.15, -0.1) is 0 Å². The van der Waals surface area contributed by atoms with E-state index in [1.54, 1.807) is 6.08 Å². The highest BCUT2D eigenvalue weighted by Crippen LogP contribution is 2.01. The van der Waals surface area contributed by atoms with Gasteiger partial charge in [0.2, 0.25) is 0 Å². The van der Waals surface area contributed by atoms with Gasteiger partial charge in [-0.1, -0.05) is 17.7 Å². The van der Waals surface area contributed by atoms with Gasteiger partial charge in [0, 0.05) is 13.2 Å². The maximum absolute atomic E-state index is 8.64. The second-order valence-corrected chi connectivity index (χ2v) is 2.77. The van der Waals surface area contributed by atoms with Gasteiger partial charge in [0.1, 0.15) is 0 Å². The van der Waals surface area contributed by atoms with Gasteiger partial charge < -0.3 is 14.6 Å². The van der Waals surface area contributed by atoms with Gasteiger partial charge in [-0.3, -0.25) is 0 Å². The van der Waals surface area contributed by atoms with Crippen molar-refractivity contribution in [1.82, 2.24) is 0 Å². The van der Waals surface area contributed by atoms with E-state index in [2.05, 4.69) is 0 Å². The summed E-state index contributed by atoms with van der Waals surface area (Å²) in [7, 11) is 0. The lowest BCUT2D eigenvalue weighted by Crippen LogP contribution is -2.14. The third-order valence-electron chi connectivity index (χ3n) is 1.59. The molecular formula is C11H20O3. The summed E-state index contributed by atoms with van der Waals surface area (Å²) in [6.07, 6.45) is 5.17. The zero-order valence-electron chi connectivity index (χ0n) is 9.19. The molecule has 0 aliphatic rings. The second kappa shape index (κ2) is 8.94. The first-order chi connectivity index (χ1) is 6.74. The van der Waals surface area contributed by atoms with Crippen LogP contribution >= 0.6 is 0 Å². The molecule has 0 fully saturated rings. The molecule has 0 saturated carbocycles. The Kier molecular flexibility index (Phi) is 8.53. The van der Waals surface area contributed by atoms with Crippen LogP contribution in [-0.2, 0) is 9.47 Å². The van der Waals surface area contributed by atoms with Crippen LogP contribution in [0.5, 0.6) is 0 Å². The number of hydrogen-bond acceptors (Lipinski definition) is 3. The Morgan fingerprint density at radius 2 is 1.86 bits per heavy atom. The van der Waals surface area contributed by atoms with E-state index in [9.17, 15) is 0 Å². The molecule has 1 N–H and O–H groups in total. The summed E-state index contributed by atoms with van der Waals surface area (Å²) >= 11 is 0. The first kappa shape index (κ1) is 13.4. The van der Waals surface area contributed by atoms with Crippen molar-refractivity contribution in [3.05, 3.63) is 23.8 Å². The molecule has 0 heterocycles. The van der Waals surface area contributed by atoms with Crippen molar-refractivity contribution in [1.29, 1.82) is 0 Å². The Balaban J connectivity index is 4.05. The largest absolute Gasteiger partial charge is 0.392 e. The van der Waals surface area contributed by atoms with Crippen LogP contribution in [0.15, 0.2) is 23.8 Å². The maximum atomic E-state index is 8.64. The molecule has 0 unspecified atom stereocenters. The minimum absolute atomic E-state index is 0.0596. The van der Waals surface area contributed by atoms with Crippen LogP contribution in [0, 0.1) is 0 Å². The van der Waals surface area contributed by atoms with Crippen LogP contribution in [0.2, 0.25) is 0 Å². The minimum atomic E-state index is -0.285. The molecule has 0 atom stereocenters. The van der Waals surface area contributed by atoms with Crippen LogP contribution in [0.3, 0.4) is 0 Å². The molecule has 82 valence electrons. The van der Waals surface area contributed by atoms with E-state index in [1.165, 1.54) is 0 Å². The van der Waals surface area contributed by atoms with E-state index < -0.39 is 0 Å². The van der Waals surface area contributed by atoms with Crippen LogP contribution in [-0.4, -0.2) is 31.2 Å². The molecule has 0 saturated heterocycles. The van der Waals surface area contributed by atoms with Crippen LogP contribution < -0.4 is 0 Å². The molecule has 0 spiro atoms. The summed E-state index contributed by atoms with van der Waals surface area (Å²) < 4.78 is 10.6. The molecule has 0 rings (SSSR count). The lowest BCUT2D eigenvalue weighted by atomic mass is 10.2. The van der Waals surface area contributed by atoms with E-state index in [0.717, 1.165) is 5.57 Å². The molecule has 0 aromatic heterocycles. The molecule has 3 heteroatoms. The average Bonchev–Trinajstić information content (AvgIpc) is 2.15. The van der Waals surface area contributed by atoms with E-state index >= 15 is 0 Å². The Labute approximate surface area is 86.0 Å². The molecule has 0 aliphatic heterocycles. The zero-order chi connectivity index (χ0) is 10.8. The van der Waals surface area contributed by atoms with Gasteiger partial charge in [-0.05, 0) is 26.8 Å². The molecule has 14 heavy (non-hydrogen) atoms. The normalized spacial score (nSPS) is 13.1. The fourth-order valence-electron chi connectivity index (χ4n) is 0.930. The number of rotatable bonds is 7. The molecule has 0 aromatic rings. The molecule has 0 aromatic carbocycles. The van der Waals surface area contributed by atoms with Crippen LogP contribution in [0.25, 0.3) is 0 Å². The summed E-state index contributed by atoms with van der Waals surface area (Å²) in [6.45, 7) is 7.08. The van der Waals surface area contributed by atoms with Gasteiger partial charge >= 0.3 is 0 Å². The molecule has 0 bridgehead atoms. The number of hydrogen-bond donors (Lipinski definition) is 1. The molecule has 3 nitrogen and oxygen atoms in total. The standard InChI is InChI=1S/C11H20O3/c1-4-13-11(14-5-2)7-6-10(3)8-9-12/h6-8,11-12H,4-5,9H2,1-3H3. The van der Waals surface area contributed by atoms with Crippen molar-refractivity contribution in [2.75, 3.05) is 19.8 Å². The van der Waals surface area contributed by atoms with E-state index in [1.807, 2.05) is 32.9 Å². The third-order valence-corrected chi connectivity index (χ3v) is 1.59. The maximum Gasteiger partial charge on any atom is 0.177 e. The summed E-state index contributed by atoms with van der Waals surface area (Å²) in [5, 5.41) is 8.64. The number of ether oxygens (including phenoxy) is 2. The van der Waals surface area contributed by atoms with Crippen molar-refractivity contribution in [3.63, 3.8) is 0 Å². The zero-order valence-corrected chi connectivity index (χ0v) is 9.19. The quantitative estimate of drug-likeness (QED) is 0.504. The van der Waals surface area contributed by atoms with Crippen LogP contribution in [0.4, 0.5) is 0 Å². The second-order valence-electron chi connectivity index (χ2n) is 2.77. The molecular weight excluding hydrogens is 180 g/mol. The van der Waals surface area contributed by atoms with Crippen LogP contribution in [0.1, 0.15) is 20.8 Å². The van der Waals surface area contributed by atoms with E-state index in [0.29, 0.717) is 13.2 Å². The summed E-state index contributed by atoms with van der Waals surface area (Å²) in [5.41, 5.74) is 0.997.